The molecule has 3 nitrogen and oxygen atoms in total. The smallest absolute Gasteiger partial charge is 0.222 e. The second-order valence-electron chi connectivity index (χ2n) is 5.07. The first-order chi connectivity index (χ1) is 10.1. The molecule has 2 rings (SSSR count). The summed E-state index contributed by atoms with van der Waals surface area (Å²) in [6.07, 6.45) is -0.337. The molecule has 1 amide bonds. The topological polar surface area (TPSA) is 40.5 Å². The number of hydrogen-bond donors (Lipinski definition) is 1. The Hall–Kier alpha value is -2.13. The molecule has 110 valence electrons. The number of aliphatic hydroxyl groups excluding tert-OH is 1. The second-order valence-corrected chi connectivity index (χ2v) is 5.07. The molecule has 1 N–H and O–H groups in total. The molecule has 0 radical (unpaired) electrons. The molecular weight excluding hydrogens is 262 g/mol. The zero-order valence-corrected chi connectivity index (χ0v) is 12.4. The molecule has 0 aliphatic carbocycles. The molecule has 0 aromatic heterocycles. The van der Waals surface area contributed by atoms with Crippen LogP contribution < -0.4 is 0 Å². The Bertz CT molecular complexity index is 568. The molecule has 0 spiro atoms. The average molecular weight is 283 g/mol. The molecule has 0 aliphatic rings. The Morgan fingerprint density at radius 1 is 1.00 bits per heavy atom. The van der Waals surface area contributed by atoms with Crippen LogP contribution in [0.3, 0.4) is 0 Å². The first-order valence-corrected chi connectivity index (χ1v) is 7.18. The van der Waals surface area contributed by atoms with Crippen molar-refractivity contribution in [3.63, 3.8) is 0 Å². The Balaban J connectivity index is 2.39. The summed E-state index contributed by atoms with van der Waals surface area (Å²) < 4.78 is 0. The van der Waals surface area contributed by atoms with E-state index >= 15 is 0 Å². The summed E-state index contributed by atoms with van der Waals surface area (Å²) in [6, 6.07) is 18.7. The Kier molecular flexibility index (Phi) is 5.12. The van der Waals surface area contributed by atoms with E-state index in [9.17, 15) is 9.90 Å². The van der Waals surface area contributed by atoms with E-state index in [1.165, 1.54) is 0 Å². The molecule has 0 heterocycles. The van der Waals surface area contributed by atoms with Crippen LogP contribution in [0.2, 0.25) is 0 Å². The van der Waals surface area contributed by atoms with E-state index in [-0.39, 0.29) is 11.9 Å². The van der Waals surface area contributed by atoms with Crippen LogP contribution in [0.4, 0.5) is 0 Å². The van der Waals surface area contributed by atoms with Crippen molar-refractivity contribution in [1.29, 1.82) is 0 Å². The number of carbonyl (C=O) groups excluding carboxylic acids is 1. The SMILES string of the molecule is CCC(=O)N(C)[C@@H](c1ccccc1)[C@@H](O)c1ccccc1. The van der Waals surface area contributed by atoms with Crippen molar-refractivity contribution in [3.05, 3.63) is 71.8 Å². The molecule has 2 aromatic carbocycles. The summed E-state index contributed by atoms with van der Waals surface area (Å²) in [7, 11) is 1.75. The summed E-state index contributed by atoms with van der Waals surface area (Å²) in [5.41, 5.74) is 1.74. The Morgan fingerprint density at radius 3 is 1.95 bits per heavy atom. The number of likely N-dealkylation sites (N-methyl/N-ethyl adjacent to an activating group) is 1. The minimum Gasteiger partial charge on any atom is -0.386 e. The molecule has 2 atom stereocenters. The lowest BCUT2D eigenvalue weighted by molar-refractivity contribution is -0.134. The third-order valence-corrected chi connectivity index (χ3v) is 3.69. The molecule has 0 aliphatic heterocycles. The van der Waals surface area contributed by atoms with Gasteiger partial charge in [0.05, 0.1) is 6.04 Å². The van der Waals surface area contributed by atoms with Gasteiger partial charge in [0.1, 0.15) is 6.10 Å². The van der Waals surface area contributed by atoms with Crippen LogP contribution in [0, 0.1) is 0 Å². The molecule has 0 fully saturated rings. The number of nitrogens with zero attached hydrogens (tertiary/aromatic N) is 1. The van der Waals surface area contributed by atoms with Gasteiger partial charge in [-0.15, -0.1) is 0 Å². The van der Waals surface area contributed by atoms with Gasteiger partial charge < -0.3 is 10.0 Å². The molecule has 3 heteroatoms. The van der Waals surface area contributed by atoms with E-state index in [1.54, 1.807) is 11.9 Å². The van der Waals surface area contributed by atoms with E-state index in [0.717, 1.165) is 11.1 Å². The number of carbonyl (C=O) groups is 1. The number of aliphatic hydroxyl groups is 1. The zero-order valence-electron chi connectivity index (χ0n) is 12.4. The van der Waals surface area contributed by atoms with Crippen molar-refractivity contribution in [2.75, 3.05) is 7.05 Å². The average Bonchev–Trinajstić information content (AvgIpc) is 2.56. The highest BCUT2D eigenvalue weighted by Crippen LogP contribution is 2.33. The van der Waals surface area contributed by atoms with Crippen molar-refractivity contribution < 1.29 is 9.90 Å². The van der Waals surface area contributed by atoms with Crippen LogP contribution in [0.1, 0.15) is 36.6 Å². The fraction of sp³-hybridized carbons (Fsp3) is 0.278. The van der Waals surface area contributed by atoms with Gasteiger partial charge in [0.15, 0.2) is 0 Å². The Labute approximate surface area is 125 Å². The molecule has 0 unspecified atom stereocenters. The summed E-state index contributed by atoms with van der Waals surface area (Å²) in [6.45, 7) is 1.83. The molecule has 0 bridgehead atoms. The number of amides is 1. The van der Waals surface area contributed by atoms with Crippen molar-refractivity contribution >= 4 is 5.91 Å². The van der Waals surface area contributed by atoms with Gasteiger partial charge in [0.2, 0.25) is 5.91 Å². The number of rotatable bonds is 5. The van der Waals surface area contributed by atoms with Gasteiger partial charge in [-0.05, 0) is 11.1 Å². The first-order valence-electron chi connectivity index (χ1n) is 7.18. The lowest BCUT2D eigenvalue weighted by Crippen LogP contribution is -2.34. The third-order valence-electron chi connectivity index (χ3n) is 3.69. The summed E-state index contributed by atoms with van der Waals surface area (Å²) in [5, 5.41) is 10.8. The molecule has 21 heavy (non-hydrogen) atoms. The van der Waals surface area contributed by atoms with Crippen LogP contribution in [-0.2, 0) is 4.79 Å². The largest absolute Gasteiger partial charge is 0.386 e. The minimum atomic E-state index is -0.755. The second kappa shape index (κ2) is 7.04. The fourth-order valence-corrected chi connectivity index (χ4v) is 2.50. The van der Waals surface area contributed by atoms with Gasteiger partial charge in [-0.3, -0.25) is 4.79 Å². The minimum absolute atomic E-state index is 0.0128. The summed E-state index contributed by atoms with van der Waals surface area (Å²) in [5.74, 6) is 0.0128. The zero-order chi connectivity index (χ0) is 15.2. The van der Waals surface area contributed by atoms with Crippen LogP contribution in [0.5, 0.6) is 0 Å². The predicted octanol–water partition coefficient (Wildman–Crippen LogP) is 3.33. The quantitative estimate of drug-likeness (QED) is 0.914. The van der Waals surface area contributed by atoms with Crippen molar-refractivity contribution in [2.45, 2.75) is 25.5 Å². The standard InChI is InChI=1S/C18H21NO2/c1-3-16(20)19(2)17(14-10-6-4-7-11-14)18(21)15-12-8-5-9-13-15/h4-13,17-18,21H,3H2,1-2H3/t17-,18-/m0/s1. The lowest BCUT2D eigenvalue weighted by Gasteiger charge is -2.32. The monoisotopic (exact) mass is 283 g/mol. The first kappa shape index (κ1) is 15.3. The van der Waals surface area contributed by atoms with Crippen LogP contribution in [0.15, 0.2) is 60.7 Å². The van der Waals surface area contributed by atoms with Crippen LogP contribution >= 0.6 is 0 Å². The molecular formula is C18H21NO2. The van der Waals surface area contributed by atoms with Crippen molar-refractivity contribution in [3.8, 4) is 0 Å². The van der Waals surface area contributed by atoms with Crippen LogP contribution in [-0.4, -0.2) is 23.0 Å². The van der Waals surface area contributed by atoms with E-state index in [2.05, 4.69) is 0 Å². The van der Waals surface area contributed by atoms with E-state index in [4.69, 9.17) is 0 Å². The predicted molar refractivity (Wildman–Crippen MR) is 83.6 cm³/mol. The molecule has 2 aromatic rings. The van der Waals surface area contributed by atoms with Crippen LogP contribution in [0.25, 0.3) is 0 Å². The normalized spacial score (nSPS) is 13.5. The van der Waals surface area contributed by atoms with Gasteiger partial charge in [-0.1, -0.05) is 67.6 Å². The van der Waals surface area contributed by atoms with E-state index in [0.29, 0.717) is 6.42 Å². The van der Waals surface area contributed by atoms with Gasteiger partial charge in [-0.25, -0.2) is 0 Å². The van der Waals surface area contributed by atoms with Gasteiger partial charge in [0, 0.05) is 13.5 Å². The Morgan fingerprint density at radius 2 is 1.48 bits per heavy atom. The molecule has 0 saturated carbocycles. The lowest BCUT2D eigenvalue weighted by atomic mass is 9.94. The highest BCUT2D eigenvalue weighted by molar-refractivity contribution is 5.76. The van der Waals surface area contributed by atoms with Gasteiger partial charge in [0.25, 0.3) is 0 Å². The van der Waals surface area contributed by atoms with Crippen molar-refractivity contribution in [1.82, 2.24) is 4.90 Å². The molecule has 0 saturated heterocycles. The maximum Gasteiger partial charge on any atom is 0.222 e. The third kappa shape index (κ3) is 3.50. The van der Waals surface area contributed by atoms with E-state index < -0.39 is 6.10 Å². The maximum absolute atomic E-state index is 12.1. The van der Waals surface area contributed by atoms with E-state index in [1.807, 2.05) is 67.6 Å². The highest BCUT2D eigenvalue weighted by Gasteiger charge is 2.28. The number of hydrogen-bond acceptors (Lipinski definition) is 2. The van der Waals surface area contributed by atoms with Gasteiger partial charge in [-0.2, -0.15) is 0 Å². The summed E-state index contributed by atoms with van der Waals surface area (Å²) in [4.78, 5) is 13.7. The maximum atomic E-state index is 12.1. The van der Waals surface area contributed by atoms with Gasteiger partial charge >= 0.3 is 0 Å². The summed E-state index contributed by atoms with van der Waals surface area (Å²) >= 11 is 0. The fourth-order valence-electron chi connectivity index (χ4n) is 2.50. The number of benzene rings is 2. The highest BCUT2D eigenvalue weighted by atomic mass is 16.3. The van der Waals surface area contributed by atoms with Crippen molar-refractivity contribution in [2.24, 2.45) is 0 Å².